The van der Waals surface area contributed by atoms with Gasteiger partial charge in [-0.1, -0.05) is 20.8 Å². The molecule has 0 aliphatic carbocycles. The second kappa shape index (κ2) is 7.97. The maximum absolute atomic E-state index is 13.2. The molecule has 2 aromatic rings. The van der Waals surface area contributed by atoms with E-state index in [1.165, 1.54) is 12.1 Å². The molecule has 1 aliphatic heterocycles. The number of halogens is 1. The average molecular weight is 400 g/mol. The van der Waals surface area contributed by atoms with E-state index in [4.69, 9.17) is 0 Å². The maximum atomic E-state index is 13.2. The molecule has 1 aromatic carbocycles. The second-order valence-corrected chi connectivity index (χ2v) is 8.71. The van der Waals surface area contributed by atoms with Crippen molar-refractivity contribution in [3.63, 3.8) is 0 Å². The number of rotatable bonds is 4. The van der Waals surface area contributed by atoms with Crippen molar-refractivity contribution < 1.29 is 14.0 Å². The van der Waals surface area contributed by atoms with Crippen molar-refractivity contribution in [1.82, 2.24) is 20.0 Å². The van der Waals surface area contributed by atoms with Crippen LogP contribution in [0.3, 0.4) is 0 Å². The molecule has 2 atom stereocenters. The Hall–Kier alpha value is -2.70. The number of likely N-dealkylation sites (tertiary alicyclic amines) is 1. The Kier molecular flexibility index (Phi) is 5.78. The van der Waals surface area contributed by atoms with Crippen molar-refractivity contribution >= 4 is 11.8 Å². The lowest BCUT2D eigenvalue weighted by molar-refractivity contribution is -0.144. The van der Waals surface area contributed by atoms with Crippen LogP contribution in [0.4, 0.5) is 4.39 Å². The van der Waals surface area contributed by atoms with Crippen molar-refractivity contribution in [2.24, 2.45) is 5.41 Å². The van der Waals surface area contributed by atoms with Gasteiger partial charge >= 0.3 is 0 Å². The lowest BCUT2D eigenvalue weighted by Crippen LogP contribution is -2.49. The van der Waals surface area contributed by atoms with E-state index in [1.807, 2.05) is 34.6 Å². The summed E-state index contributed by atoms with van der Waals surface area (Å²) in [6.45, 7) is 10.1. The molecule has 2 amide bonds. The van der Waals surface area contributed by atoms with Gasteiger partial charge in [-0.05, 0) is 51.0 Å². The molecule has 1 saturated heterocycles. The lowest BCUT2D eigenvalue weighted by Gasteiger charge is -2.30. The third-order valence-electron chi connectivity index (χ3n) is 5.40. The van der Waals surface area contributed by atoms with E-state index in [9.17, 15) is 14.0 Å². The number of amides is 2. The van der Waals surface area contributed by atoms with E-state index in [0.29, 0.717) is 13.0 Å². The highest BCUT2D eigenvalue weighted by molar-refractivity contribution is 5.90. The molecule has 7 heteroatoms. The van der Waals surface area contributed by atoms with E-state index in [1.54, 1.807) is 27.9 Å². The van der Waals surface area contributed by atoms with E-state index >= 15 is 0 Å². The minimum absolute atomic E-state index is 0.00288. The van der Waals surface area contributed by atoms with E-state index in [0.717, 1.165) is 23.4 Å². The first kappa shape index (κ1) is 21.0. The molecule has 0 saturated carbocycles. The highest BCUT2D eigenvalue weighted by Crippen LogP contribution is 2.27. The molecular weight excluding hydrogens is 371 g/mol. The number of carbonyl (C=O) groups excluding carboxylic acids is 2. The van der Waals surface area contributed by atoms with Gasteiger partial charge in [0.05, 0.1) is 17.9 Å². The highest BCUT2D eigenvalue weighted by atomic mass is 19.1. The Bertz CT molecular complexity index is 899. The smallest absolute Gasteiger partial charge is 0.243 e. The topological polar surface area (TPSA) is 67.2 Å². The molecule has 29 heavy (non-hydrogen) atoms. The van der Waals surface area contributed by atoms with Gasteiger partial charge in [0, 0.05) is 23.2 Å². The van der Waals surface area contributed by atoms with Crippen LogP contribution in [0.2, 0.25) is 0 Å². The molecule has 0 bridgehead atoms. The van der Waals surface area contributed by atoms with Crippen molar-refractivity contribution in [1.29, 1.82) is 0 Å². The molecule has 156 valence electrons. The standard InChI is InChI=1S/C22H29FN4O2/c1-14(18-13-24-27(15(18)2)17-10-8-16(23)9-11-17)25-20(28)19-7-6-12-26(19)21(29)22(3,4)5/h8-11,13-14,19H,6-7,12H2,1-5H3,(H,25,28). The molecule has 0 spiro atoms. The molecule has 3 rings (SSSR count). The molecule has 1 aromatic heterocycles. The zero-order chi connectivity index (χ0) is 21.3. The number of nitrogens with one attached hydrogen (secondary N) is 1. The summed E-state index contributed by atoms with van der Waals surface area (Å²) in [5, 5.41) is 7.44. The van der Waals surface area contributed by atoms with Gasteiger partial charge < -0.3 is 10.2 Å². The van der Waals surface area contributed by atoms with Gasteiger partial charge in [-0.2, -0.15) is 5.10 Å². The summed E-state index contributed by atoms with van der Waals surface area (Å²) in [5.74, 6) is -0.435. The summed E-state index contributed by atoms with van der Waals surface area (Å²) < 4.78 is 14.9. The summed E-state index contributed by atoms with van der Waals surface area (Å²) in [5.41, 5.74) is 2.00. The Morgan fingerprint density at radius 3 is 2.52 bits per heavy atom. The van der Waals surface area contributed by atoms with Gasteiger partial charge in [-0.25, -0.2) is 9.07 Å². The molecule has 6 nitrogen and oxygen atoms in total. The van der Waals surface area contributed by atoms with Crippen molar-refractivity contribution in [2.45, 2.75) is 59.5 Å². The van der Waals surface area contributed by atoms with Crippen LogP contribution in [0.5, 0.6) is 0 Å². The molecule has 2 unspecified atom stereocenters. The number of carbonyl (C=O) groups is 2. The van der Waals surface area contributed by atoms with Gasteiger partial charge in [-0.15, -0.1) is 0 Å². The van der Waals surface area contributed by atoms with E-state index in [2.05, 4.69) is 10.4 Å². The van der Waals surface area contributed by atoms with Gasteiger partial charge in [0.15, 0.2) is 0 Å². The predicted molar refractivity (Wildman–Crippen MR) is 109 cm³/mol. The normalized spacial score (nSPS) is 18.0. The van der Waals surface area contributed by atoms with Gasteiger partial charge in [0.2, 0.25) is 11.8 Å². The van der Waals surface area contributed by atoms with Crippen LogP contribution in [-0.2, 0) is 9.59 Å². The summed E-state index contributed by atoms with van der Waals surface area (Å²) in [4.78, 5) is 27.3. The summed E-state index contributed by atoms with van der Waals surface area (Å²) in [7, 11) is 0. The van der Waals surface area contributed by atoms with Crippen molar-refractivity contribution in [3.8, 4) is 5.69 Å². The summed E-state index contributed by atoms with van der Waals surface area (Å²) >= 11 is 0. The lowest BCUT2D eigenvalue weighted by atomic mass is 9.94. The Labute approximate surface area is 171 Å². The fourth-order valence-corrected chi connectivity index (χ4v) is 3.79. The largest absolute Gasteiger partial charge is 0.348 e. The number of nitrogens with zero attached hydrogens (tertiary/aromatic N) is 3. The minimum Gasteiger partial charge on any atom is -0.348 e. The zero-order valence-corrected chi connectivity index (χ0v) is 17.7. The van der Waals surface area contributed by atoms with Crippen LogP contribution < -0.4 is 5.32 Å². The van der Waals surface area contributed by atoms with E-state index in [-0.39, 0.29) is 23.7 Å². The van der Waals surface area contributed by atoms with Crippen LogP contribution in [0.25, 0.3) is 5.69 Å². The SMILES string of the molecule is Cc1c(C(C)NC(=O)C2CCCN2C(=O)C(C)(C)C)cnn1-c1ccc(F)cc1. The predicted octanol–water partition coefficient (Wildman–Crippen LogP) is 3.53. The summed E-state index contributed by atoms with van der Waals surface area (Å²) in [6, 6.07) is 5.42. The molecule has 1 aliphatic rings. The Balaban J connectivity index is 1.73. The van der Waals surface area contributed by atoms with E-state index < -0.39 is 11.5 Å². The zero-order valence-electron chi connectivity index (χ0n) is 17.7. The van der Waals surface area contributed by atoms with Crippen LogP contribution in [0.1, 0.15) is 57.8 Å². The molecule has 1 N–H and O–H groups in total. The first-order valence-electron chi connectivity index (χ1n) is 10.0. The third-order valence-corrected chi connectivity index (χ3v) is 5.40. The first-order chi connectivity index (χ1) is 13.6. The fraction of sp³-hybridized carbons (Fsp3) is 0.500. The van der Waals surface area contributed by atoms with Crippen LogP contribution in [-0.4, -0.2) is 39.1 Å². The molecule has 1 fully saturated rings. The maximum Gasteiger partial charge on any atom is 0.243 e. The first-order valence-corrected chi connectivity index (χ1v) is 10.0. The number of benzene rings is 1. The Morgan fingerprint density at radius 2 is 1.90 bits per heavy atom. The van der Waals surface area contributed by atoms with Gasteiger partial charge in [0.1, 0.15) is 11.9 Å². The monoisotopic (exact) mass is 400 g/mol. The number of hydrogen-bond acceptors (Lipinski definition) is 3. The molecular formula is C22H29FN4O2. The third kappa shape index (κ3) is 4.33. The van der Waals surface area contributed by atoms with Crippen molar-refractivity contribution in [2.75, 3.05) is 6.54 Å². The summed E-state index contributed by atoms with van der Waals surface area (Å²) in [6.07, 6.45) is 3.22. The minimum atomic E-state index is -0.513. The number of hydrogen-bond donors (Lipinski definition) is 1. The van der Waals surface area contributed by atoms with Crippen LogP contribution >= 0.6 is 0 Å². The van der Waals surface area contributed by atoms with Crippen molar-refractivity contribution in [3.05, 3.63) is 47.5 Å². The second-order valence-electron chi connectivity index (χ2n) is 8.71. The quantitative estimate of drug-likeness (QED) is 0.854. The molecule has 0 radical (unpaired) electrons. The van der Waals surface area contributed by atoms with Crippen LogP contribution in [0.15, 0.2) is 30.5 Å². The number of aromatic nitrogens is 2. The van der Waals surface area contributed by atoms with Crippen LogP contribution in [0, 0.1) is 18.2 Å². The van der Waals surface area contributed by atoms with Gasteiger partial charge in [0.25, 0.3) is 0 Å². The molecule has 2 heterocycles. The fourth-order valence-electron chi connectivity index (χ4n) is 3.79. The van der Waals surface area contributed by atoms with Gasteiger partial charge in [-0.3, -0.25) is 9.59 Å². The average Bonchev–Trinajstić information content (AvgIpc) is 3.28. The Morgan fingerprint density at radius 1 is 1.24 bits per heavy atom. The highest BCUT2D eigenvalue weighted by Gasteiger charge is 2.38.